The van der Waals surface area contributed by atoms with Crippen LogP contribution in [0.1, 0.15) is 92.6 Å². The molecule has 4 atom stereocenters. The second-order valence-electron chi connectivity index (χ2n) is 21.4. The standard InChI is InChI=1S/C31H34F2N6O2.C24H31ClN4O4/c1-3-22-25(32)9-6-17-11-21(40)12-23(26(17)22)28-27(33)29-24(13-34-28)30(39-14-18-7-8-19(15-39)35-18)37-31(36-29)41-16-20-5-4-10-38(20)2;25-22-18-14-29(20-3-4-21(31)26-23(20)32)24(33)17(18)1-2-19(22)28-11-5-15(6-12-28)13-27-9-7-16(30)8-10-27/h6,9,11-13,18-20,35,40H,3-5,7-8,10,14-16H2,1-2H3;1-2,15-16,20,30H,3-14H2,(H,26,31,32). The quantitative estimate of drug-likeness (QED) is 0.110. The molecule has 12 rings (SSSR count). The van der Waals surface area contributed by atoms with Gasteiger partial charge in [-0.2, -0.15) is 9.97 Å². The number of aromatic nitrogens is 3. The molecule has 3 aromatic carbocycles. The molecule has 2 bridgehead atoms. The molecule has 6 saturated heterocycles. The predicted molar refractivity (Wildman–Crippen MR) is 279 cm³/mol. The number of pyridine rings is 1. The molecule has 3 amide bonds. The van der Waals surface area contributed by atoms with Crippen LogP contribution in [0.25, 0.3) is 32.9 Å². The summed E-state index contributed by atoms with van der Waals surface area (Å²) in [6, 6.07) is 10.2. The number of hydrogen-bond donors (Lipinski definition) is 4. The second kappa shape index (κ2) is 21.1. The number of benzene rings is 3. The summed E-state index contributed by atoms with van der Waals surface area (Å²) in [5.41, 5.74) is 3.16. The van der Waals surface area contributed by atoms with Gasteiger partial charge in [0.25, 0.3) is 5.91 Å². The lowest BCUT2D eigenvalue weighted by Gasteiger charge is -2.38. The van der Waals surface area contributed by atoms with Crippen molar-refractivity contribution in [2.75, 3.05) is 75.8 Å². The zero-order valence-corrected chi connectivity index (χ0v) is 42.8. The maximum absolute atomic E-state index is 16.6. The van der Waals surface area contributed by atoms with Gasteiger partial charge >= 0.3 is 6.01 Å². The van der Waals surface area contributed by atoms with Crippen molar-refractivity contribution >= 4 is 62.5 Å². The van der Waals surface area contributed by atoms with Crippen LogP contribution < -0.4 is 25.2 Å². The summed E-state index contributed by atoms with van der Waals surface area (Å²) in [4.78, 5) is 61.5. The molecule has 392 valence electrons. The Balaban J connectivity index is 0.000000163. The van der Waals surface area contributed by atoms with Gasteiger partial charge in [0.1, 0.15) is 41.2 Å². The first kappa shape index (κ1) is 50.4. The van der Waals surface area contributed by atoms with E-state index in [0.29, 0.717) is 87.7 Å². The third-order valence-electron chi connectivity index (χ3n) is 16.7. The number of hydrogen-bond acceptors (Lipinski definition) is 14. The number of aliphatic hydroxyl groups is 1. The van der Waals surface area contributed by atoms with Crippen LogP contribution in [-0.2, 0) is 22.6 Å². The van der Waals surface area contributed by atoms with Crippen molar-refractivity contribution in [2.45, 2.75) is 114 Å². The molecule has 0 aliphatic carbocycles. The smallest absolute Gasteiger partial charge is 0.319 e. The monoisotopic (exact) mass is 1030 g/mol. The molecule has 9 heterocycles. The summed E-state index contributed by atoms with van der Waals surface area (Å²) in [7, 11) is 2.08. The van der Waals surface area contributed by atoms with Crippen molar-refractivity contribution < 1.29 is 38.1 Å². The fourth-order valence-corrected chi connectivity index (χ4v) is 12.9. The lowest BCUT2D eigenvalue weighted by atomic mass is 9.94. The number of aliphatic hydroxyl groups excluding tert-OH is 1. The normalized spacial score (nSPS) is 24.0. The zero-order valence-electron chi connectivity index (χ0n) is 42.1. The van der Waals surface area contributed by atoms with Crippen molar-refractivity contribution in [3.63, 3.8) is 0 Å². The fraction of sp³-hybridized carbons (Fsp3) is 0.527. The van der Waals surface area contributed by atoms with E-state index in [-0.39, 0.29) is 59.2 Å². The predicted octanol–water partition coefficient (Wildman–Crippen LogP) is 6.58. The maximum atomic E-state index is 16.6. The highest BCUT2D eigenvalue weighted by Crippen LogP contribution is 2.42. The van der Waals surface area contributed by atoms with Crippen molar-refractivity contribution in [1.82, 2.24) is 40.3 Å². The molecule has 6 fully saturated rings. The SMILES string of the molecule is CCc1c(F)ccc2cc(O)cc(-c3ncc4c(N5CC6CCC(C5)N6)nc(OCC5CCCN5C)nc4c3F)c12.O=C1CCC(N2Cc3c(ccc(N4CCC(CN5CCC(O)CC5)CC4)c3Cl)C2=O)C(=O)N1. The lowest BCUT2D eigenvalue weighted by Crippen LogP contribution is -2.52. The second-order valence-corrected chi connectivity index (χ2v) is 21.8. The number of anilines is 2. The van der Waals surface area contributed by atoms with E-state index in [1.165, 1.54) is 12.1 Å². The highest BCUT2D eigenvalue weighted by molar-refractivity contribution is 6.35. The number of nitrogens with zero attached hydrogens (tertiary/aromatic N) is 8. The van der Waals surface area contributed by atoms with Crippen LogP contribution in [0.5, 0.6) is 11.8 Å². The Kier molecular flexibility index (Phi) is 14.4. The summed E-state index contributed by atoms with van der Waals surface area (Å²) in [6.07, 6.45) is 10.7. The summed E-state index contributed by atoms with van der Waals surface area (Å²) in [6.45, 7) is 10.00. The Hall–Kier alpha value is -5.79. The van der Waals surface area contributed by atoms with Gasteiger partial charge in [-0.05, 0) is 130 Å². The molecular formula is C55H65ClF2N10O6. The average molecular weight is 1040 g/mol. The molecule has 0 radical (unpaired) electrons. The Morgan fingerprint density at radius 2 is 1.65 bits per heavy atom. The molecule has 16 nitrogen and oxygen atoms in total. The molecule has 19 heteroatoms. The third kappa shape index (κ3) is 9.95. The average Bonchev–Trinajstić information content (AvgIpc) is 4.08. The number of carbonyl (C=O) groups is 3. The minimum Gasteiger partial charge on any atom is -0.508 e. The van der Waals surface area contributed by atoms with Crippen LogP contribution >= 0.6 is 11.6 Å². The number of phenolic OH excluding ortho intramolecular Hbond substituents is 1. The first-order chi connectivity index (χ1) is 35.8. The number of piperidine rings is 3. The van der Waals surface area contributed by atoms with E-state index in [2.05, 4.69) is 47.2 Å². The molecule has 0 saturated carbocycles. The highest BCUT2D eigenvalue weighted by atomic mass is 35.5. The minimum absolute atomic E-state index is 0.00482. The van der Waals surface area contributed by atoms with E-state index in [1.54, 1.807) is 23.2 Å². The molecule has 4 N–H and O–H groups in total. The Morgan fingerprint density at radius 3 is 2.36 bits per heavy atom. The zero-order chi connectivity index (χ0) is 51.4. The van der Waals surface area contributed by atoms with Crippen LogP contribution in [0.2, 0.25) is 5.02 Å². The van der Waals surface area contributed by atoms with Crippen LogP contribution in [0.15, 0.2) is 42.6 Å². The fourth-order valence-electron chi connectivity index (χ4n) is 12.5. The number of aromatic hydroxyl groups is 1. The van der Waals surface area contributed by atoms with Gasteiger partial charge < -0.3 is 44.8 Å². The van der Waals surface area contributed by atoms with E-state index < -0.39 is 17.8 Å². The van der Waals surface area contributed by atoms with Gasteiger partial charge in [0, 0.05) is 99.8 Å². The number of halogens is 3. The molecular weight excluding hydrogens is 970 g/mol. The van der Waals surface area contributed by atoms with Gasteiger partial charge in [-0.3, -0.25) is 24.7 Å². The first-order valence-corrected chi connectivity index (χ1v) is 26.9. The Labute approximate surface area is 434 Å². The van der Waals surface area contributed by atoms with Crippen LogP contribution in [0.3, 0.4) is 0 Å². The van der Waals surface area contributed by atoms with E-state index in [4.69, 9.17) is 21.3 Å². The van der Waals surface area contributed by atoms with Gasteiger partial charge in [0.15, 0.2) is 5.82 Å². The van der Waals surface area contributed by atoms with Gasteiger partial charge in [-0.25, -0.2) is 8.78 Å². The molecule has 7 aliphatic rings. The molecule has 2 aromatic heterocycles. The number of carbonyl (C=O) groups excluding carboxylic acids is 3. The maximum Gasteiger partial charge on any atom is 0.319 e. The van der Waals surface area contributed by atoms with E-state index in [0.717, 1.165) is 115 Å². The Morgan fingerprint density at radius 1 is 0.878 bits per heavy atom. The topological polar surface area (TPSA) is 180 Å². The summed E-state index contributed by atoms with van der Waals surface area (Å²) < 4.78 is 37.6. The third-order valence-corrected chi connectivity index (χ3v) is 17.1. The number of likely N-dealkylation sites (N-methyl/N-ethyl adjacent to an activating group) is 1. The number of amides is 3. The van der Waals surface area contributed by atoms with Crippen LogP contribution in [0, 0.1) is 17.6 Å². The summed E-state index contributed by atoms with van der Waals surface area (Å²) >= 11 is 6.82. The number of likely N-dealkylation sites (tertiary alicyclic amines) is 2. The van der Waals surface area contributed by atoms with E-state index >= 15 is 4.39 Å². The number of fused-ring (bicyclic) bond motifs is 5. The van der Waals surface area contributed by atoms with Gasteiger partial charge in [0.05, 0.1) is 22.2 Å². The molecule has 7 aliphatic heterocycles. The number of piperazine rings is 1. The van der Waals surface area contributed by atoms with Crippen molar-refractivity contribution in [1.29, 1.82) is 0 Å². The summed E-state index contributed by atoms with van der Waals surface area (Å²) in [5, 5.41) is 28.4. The molecule has 4 unspecified atom stereocenters. The summed E-state index contributed by atoms with van der Waals surface area (Å²) in [5.74, 6) is -0.707. The minimum atomic E-state index is -0.648. The molecule has 0 spiro atoms. The number of nitrogens with one attached hydrogen (secondary N) is 2. The van der Waals surface area contributed by atoms with Crippen LogP contribution in [0.4, 0.5) is 20.3 Å². The highest BCUT2D eigenvalue weighted by Gasteiger charge is 2.41. The number of ether oxygens (including phenoxy) is 1. The van der Waals surface area contributed by atoms with Crippen molar-refractivity contribution in [3.8, 4) is 23.0 Å². The van der Waals surface area contributed by atoms with Gasteiger partial charge in [-0.1, -0.05) is 24.6 Å². The molecule has 5 aromatic rings. The Bertz CT molecular complexity index is 2980. The number of phenols is 1. The number of rotatable bonds is 10. The van der Waals surface area contributed by atoms with Gasteiger partial charge in [0.2, 0.25) is 11.8 Å². The first-order valence-electron chi connectivity index (χ1n) is 26.6. The largest absolute Gasteiger partial charge is 0.508 e. The van der Waals surface area contributed by atoms with E-state index in [1.807, 2.05) is 19.1 Å². The van der Waals surface area contributed by atoms with Crippen LogP contribution in [-0.4, -0.2) is 154 Å². The van der Waals surface area contributed by atoms with E-state index in [9.17, 15) is 29.0 Å². The van der Waals surface area contributed by atoms with Gasteiger partial charge in [-0.15, -0.1) is 0 Å². The number of aryl methyl sites for hydroxylation is 1. The lowest BCUT2D eigenvalue weighted by molar-refractivity contribution is -0.136. The molecule has 74 heavy (non-hydrogen) atoms. The number of imide groups is 1. The van der Waals surface area contributed by atoms with Crippen molar-refractivity contribution in [3.05, 3.63) is 75.9 Å². The van der Waals surface area contributed by atoms with Crippen molar-refractivity contribution in [2.24, 2.45) is 5.92 Å².